The fourth-order valence-electron chi connectivity index (χ4n) is 2.24. The minimum absolute atomic E-state index is 0.00838. The molecule has 2 rings (SSSR count). The number of carbonyl (C=O) groups excluding carboxylic acids is 1. The molecule has 104 valence electrons. The summed E-state index contributed by atoms with van der Waals surface area (Å²) in [5, 5.41) is 2.88. The molecule has 1 aliphatic rings. The van der Waals surface area contributed by atoms with Crippen molar-refractivity contribution in [2.75, 3.05) is 13.2 Å². The topological polar surface area (TPSA) is 73.2 Å². The first-order valence-corrected chi connectivity index (χ1v) is 6.48. The molecular weight excluding hydrogens is 246 g/mol. The summed E-state index contributed by atoms with van der Waals surface area (Å²) in [6.07, 6.45) is 1.88. The van der Waals surface area contributed by atoms with Crippen LogP contribution in [0.5, 0.6) is 0 Å². The standard InChI is InChI=1S/C13H19N3O3/c1-9-6-10(2)16(13(18)14-9)7-12(17)15-11-4-3-5-19-8-11/h6,11H,3-5,7-8H2,1-2H3,(H,15,17). The van der Waals surface area contributed by atoms with E-state index in [1.807, 2.05) is 0 Å². The van der Waals surface area contributed by atoms with Gasteiger partial charge in [-0.15, -0.1) is 0 Å². The van der Waals surface area contributed by atoms with Crippen molar-refractivity contribution in [1.29, 1.82) is 0 Å². The van der Waals surface area contributed by atoms with Gasteiger partial charge in [0.1, 0.15) is 6.54 Å². The van der Waals surface area contributed by atoms with Gasteiger partial charge in [0.25, 0.3) is 0 Å². The minimum atomic E-state index is -0.382. The van der Waals surface area contributed by atoms with Gasteiger partial charge in [-0.05, 0) is 32.8 Å². The smallest absolute Gasteiger partial charge is 0.348 e. The van der Waals surface area contributed by atoms with E-state index in [1.165, 1.54) is 4.57 Å². The number of nitrogens with one attached hydrogen (secondary N) is 1. The normalized spacial score (nSPS) is 19.2. The van der Waals surface area contributed by atoms with Crippen LogP contribution in [0.4, 0.5) is 0 Å². The highest BCUT2D eigenvalue weighted by atomic mass is 16.5. The fourth-order valence-corrected chi connectivity index (χ4v) is 2.24. The Labute approximate surface area is 111 Å². The van der Waals surface area contributed by atoms with E-state index in [2.05, 4.69) is 10.3 Å². The Balaban J connectivity index is 2.00. The van der Waals surface area contributed by atoms with Crippen molar-refractivity contribution in [3.05, 3.63) is 27.9 Å². The van der Waals surface area contributed by atoms with Gasteiger partial charge < -0.3 is 10.1 Å². The number of amides is 1. The lowest BCUT2D eigenvalue weighted by Gasteiger charge is -2.23. The fraction of sp³-hybridized carbons (Fsp3) is 0.615. The molecule has 0 radical (unpaired) electrons. The minimum Gasteiger partial charge on any atom is -0.379 e. The average Bonchev–Trinajstić information content (AvgIpc) is 2.35. The third kappa shape index (κ3) is 3.64. The van der Waals surface area contributed by atoms with Gasteiger partial charge in [-0.2, -0.15) is 4.98 Å². The molecule has 1 fully saturated rings. The molecule has 1 N–H and O–H groups in total. The monoisotopic (exact) mass is 265 g/mol. The Morgan fingerprint density at radius 2 is 2.37 bits per heavy atom. The molecule has 0 saturated carbocycles. The zero-order chi connectivity index (χ0) is 13.8. The van der Waals surface area contributed by atoms with Gasteiger partial charge in [0.2, 0.25) is 5.91 Å². The number of carbonyl (C=O) groups is 1. The third-order valence-electron chi connectivity index (χ3n) is 3.17. The molecule has 1 saturated heterocycles. The van der Waals surface area contributed by atoms with Crippen LogP contribution in [0.2, 0.25) is 0 Å². The lowest BCUT2D eigenvalue weighted by atomic mass is 10.1. The van der Waals surface area contributed by atoms with E-state index in [0.717, 1.165) is 25.1 Å². The Morgan fingerprint density at radius 3 is 3.00 bits per heavy atom. The maximum absolute atomic E-state index is 11.9. The molecule has 1 atom stereocenters. The second-order valence-electron chi connectivity index (χ2n) is 4.89. The first-order valence-electron chi connectivity index (χ1n) is 6.48. The number of aryl methyl sites for hydroxylation is 2. The van der Waals surface area contributed by atoms with E-state index >= 15 is 0 Å². The molecule has 0 spiro atoms. The molecule has 1 unspecified atom stereocenters. The van der Waals surface area contributed by atoms with Crippen molar-refractivity contribution in [3.8, 4) is 0 Å². The molecule has 1 aromatic rings. The SMILES string of the molecule is Cc1cc(C)n(CC(=O)NC2CCCOC2)c(=O)n1. The molecule has 1 amide bonds. The summed E-state index contributed by atoms with van der Waals surface area (Å²) >= 11 is 0. The molecule has 1 aromatic heterocycles. The van der Waals surface area contributed by atoms with Gasteiger partial charge in [-0.25, -0.2) is 4.79 Å². The summed E-state index contributed by atoms with van der Waals surface area (Å²) in [7, 11) is 0. The van der Waals surface area contributed by atoms with Gasteiger partial charge in [0.15, 0.2) is 0 Å². The van der Waals surface area contributed by atoms with Crippen LogP contribution in [0.3, 0.4) is 0 Å². The summed E-state index contributed by atoms with van der Waals surface area (Å²) in [6, 6.07) is 1.84. The van der Waals surface area contributed by atoms with Crippen molar-refractivity contribution in [1.82, 2.24) is 14.9 Å². The highest BCUT2D eigenvalue weighted by molar-refractivity contribution is 5.76. The molecular formula is C13H19N3O3. The summed E-state index contributed by atoms with van der Waals surface area (Å²) in [5.41, 5.74) is 1.03. The molecule has 1 aliphatic heterocycles. The lowest BCUT2D eigenvalue weighted by Crippen LogP contribution is -2.43. The van der Waals surface area contributed by atoms with Crippen LogP contribution in [0.25, 0.3) is 0 Å². The molecule has 6 heteroatoms. The van der Waals surface area contributed by atoms with Gasteiger partial charge in [-0.3, -0.25) is 9.36 Å². The van der Waals surface area contributed by atoms with Crippen LogP contribution in [-0.2, 0) is 16.1 Å². The highest BCUT2D eigenvalue weighted by Gasteiger charge is 2.17. The first kappa shape index (κ1) is 13.7. The van der Waals surface area contributed by atoms with Crippen LogP contribution in [-0.4, -0.2) is 34.7 Å². The van der Waals surface area contributed by atoms with Gasteiger partial charge in [-0.1, -0.05) is 0 Å². The van der Waals surface area contributed by atoms with Crippen molar-refractivity contribution >= 4 is 5.91 Å². The van der Waals surface area contributed by atoms with Crippen molar-refractivity contribution < 1.29 is 9.53 Å². The second-order valence-corrected chi connectivity index (χ2v) is 4.89. The van der Waals surface area contributed by atoms with Gasteiger partial charge in [0.05, 0.1) is 12.6 Å². The van der Waals surface area contributed by atoms with Gasteiger partial charge >= 0.3 is 5.69 Å². The predicted octanol–water partition coefficient (Wildman–Crippen LogP) is 0.155. The van der Waals surface area contributed by atoms with E-state index in [1.54, 1.807) is 19.9 Å². The lowest BCUT2D eigenvalue weighted by molar-refractivity contribution is -0.123. The van der Waals surface area contributed by atoms with Gasteiger partial charge in [0, 0.05) is 18.0 Å². The van der Waals surface area contributed by atoms with E-state index in [4.69, 9.17) is 4.74 Å². The summed E-state index contributed by atoms with van der Waals surface area (Å²) in [5.74, 6) is -0.175. The Bertz CT molecular complexity index is 518. The maximum atomic E-state index is 11.9. The number of hydrogen-bond donors (Lipinski definition) is 1. The second kappa shape index (κ2) is 5.97. The Morgan fingerprint density at radius 1 is 1.58 bits per heavy atom. The number of ether oxygens (including phenoxy) is 1. The number of hydrogen-bond acceptors (Lipinski definition) is 4. The highest BCUT2D eigenvalue weighted by Crippen LogP contribution is 2.05. The first-order chi connectivity index (χ1) is 9.06. The predicted molar refractivity (Wildman–Crippen MR) is 70.0 cm³/mol. The Kier molecular flexibility index (Phi) is 4.31. The van der Waals surface area contributed by atoms with Crippen LogP contribution in [0.15, 0.2) is 10.9 Å². The summed E-state index contributed by atoms with van der Waals surface area (Å²) in [6.45, 7) is 4.87. The van der Waals surface area contributed by atoms with Crippen molar-refractivity contribution in [3.63, 3.8) is 0 Å². The molecule has 0 aliphatic carbocycles. The Hall–Kier alpha value is -1.69. The number of nitrogens with zero attached hydrogens (tertiary/aromatic N) is 2. The largest absolute Gasteiger partial charge is 0.379 e. The van der Waals surface area contributed by atoms with Crippen LogP contribution >= 0.6 is 0 Å². The van der Waals surface area contributed by atoms with E-state index < -0.39 is 0 Å². The summed E-state index contributed by atoms with van der Waals surface area (Å²) in [4.78, 5) is 27.5. The van der Waals surface area contributed by atoms with Crippen LogP contribution in [0, 0.1) is 13.8 Å². The third-order valence-corrected chi connectivity index (χ3v) is 3.17. The summed E-state index contributed by atoms with van der Waals surface area (Å²) < 4.78 is 6.68. The van der Waals surface area contributed by atoms with Crippen molar-refractivity contribution in [2.24, 2.45) is 0 Å². The van der Waals surface area contributed by atoms with Crippen molar-refractivity contribution in [2.45, 2.75) is 39.3 Å². The maximum Gasteiger partial charge on any atom is 0.348 e. The zero-order valence-corrected chi connectivity index (χ0v) is 11.3. The molecule has 0 bridgehead atoms. The average molecular weight is 265 g/mol. The van der Waals surface area contributed by atoms with E-state index in [0.29, 0.717) is 12.3 Å². The molecule has 2 heterocycles. The van der Waals surface area contributed by atoms with Crippen LogP contribution < -0.4 is 11.0 Å². The quantitative estimate of drug-likeness (QED) is 0.844. The van der Waals surface area contributed by atoms with E-state index in [-0.39, 0.29) is 24.2 Å². The molecule has 0 aromatic carbocycles. The van der Waals surface area contributed by atoms with Crippen LogP contribution in [0.1, 0.15) is 24.2 Å². The van der Waals surface area contributed by atoms with E-state index in [9.17, 15) is 9.59 Å². The molecule has 6 nitrogen and oxygen atoms in total. The number of aromatic nitrogens is 2. The molecule has 19 heavy (non-hydrogen) atoms. The zero-order valence-electron chi connectivity index (χ0n) is 11.3. The number of rotatable bonds is 3.